The zero-order valence-corrected chi connectivity index (χ0v) is 13.1. The number of rotatable bonds is 4. The third-order valence-corrected chi connectivity index (χ3v) is 3.93. The molecule has 1 aromatic rings. The Morgan fingerprint density at radius 1 is 1.43 bits per heavy atom. The van der Waals surface area contributed by atoms with Crippen LogP contribution in [0.1, 0.15) is 25.5 Å². The van der Waals surface area contributed by atoms with E-state index in [1.807, 2.05) is 0 Å². The summed E-state index contributed by atoms with van der Waals surface area (Å²) in [6.45, 7) is 1.62. The second-order valence-electron chi connectivity index (χ2n) is 5.56. The van der Waals surface area contributed by atoms with Crippen LogP contribution in [0.2, 0.25) is 0 Å². The maximum absolute atomic E-state index is 13.0. The molecule has 0 aliphatic carbocycles. The van der Waals surface area contributed by atoms with E-state index >= 15 is 0 Å². The van der Waals surface area contributed by atoms with E-state index in [1.165, 1.54) is 14.0 Å². The number of methoxy groups -OCH3 is 1. The van der Waals surface area contributed by atoms with Crippen molar-refractivity contribution in [2.24, 2.45) is 0 Å². The lowest BCUT2D eigenvalue weighted by molar-refractivity contribution is -0.196. The van der Waals surface area contributed by atoms with Crippen molar-refractivity contribution in [2.75, 3.05) is 13.7 Å². The van der Waals surface area contributed by atoms with Crippen LogP contribution in [0.5, 0.6) is 5.88 Å². The molecular weight excluding hydrogens is 311 g/mol. The Bertz CT molecular complexity index is 551. The van der Waals surface area contributed by atoms with E-state index in [4.69, 9.17) is 4.74 Å². The summed E-state index contributed by atoms with van der Waals surface area (Å²) in [5.74, 6) is -0.0752. The minimum absolute atomic E-state index is 0.0451. The quantitative estimate of drug-likeness (QED) is 0.918. The van der Waals surface area contributed by atoms with Crippen LogP contribution in [0.3, 0.4) is 0 Å². The summed E-state index contributed by atoms with van der Waals surface area (Å²) in [4.78, 5) is 16.7. The second kappa shape index (κ2) is 7.16. The number of carbonyl (C=O) groups is 1. The van der Waals surface area contributed by atoms with Crippen molar-refractivity contribution in [1.29, 1.82) is 0 Å². The molecule has 2 rings (SSSR count). The standard InChI is InChI=1S/C15H20F3N3O2/c1-10(22)21-9-12(6-7-13(21)15(16,17)18)19-8-11-4-3-5-14(20-11)23-2/h3-5,12-13,19H,6-9H2,1-2H3/t12-,13+/m1/s1. The number of nitrogens with one attached hydrogen (secondary N) is 1. The highest BCUT2D eigenvalue weighted by molar-refractivity contribution is 5.74. The minimum atomic E-state index is -4.38. The number of aromatic nitrogens is 1. The van der Waals surface area contributed by atoms with Crippen LogP contribution in [0.25, 0.3) is 0 Å². The Balaban J connectivity index is 1.96. The number of ether oxygens (including phenoxy) is 1. The SMILES string of the molecule is COc1cccc(CN[C@@H]2CC[C@@H](C(F)(F)F)N(C(C)=O)C2)n1. The number of nitrogens with zero attached hydrogens (tertiary/aromatic N) is 2. The molecule has 128 valence electrons. The molecule has 0 aromatic carbocycles. The molecule has 1 fully saturated rings. The van der Waals surface area contributed by atoms with E-state index in [0.717, 1.165) is 10.6 Å². The second-order valence-corrected chi connectivity index (χ2v) is 5.56. The Morgan fingerprint density at radius 2 is 2.17 bits per heavy atom. The average molecular weight is 331 g/mol. The summed E-state index contributed by atoms with van der Waals surface area (Å²) < 4.78 is 44.0. The van der Waals surface area contributed by atoms with Crippen molar-refractivity contribution in [2.45, 2.75) is 44.6 Å². The Labute approximate surface area is 132 Å². The van der Waals surface area contributed by atoms with Gasteiger partial charge in [0.1, 0.15) is 6.04 Å². The summed E-state index contributed by atoms with van der Waals surface area (Å²) in [5.41, 5.74) is 0.733. The summed E-state index contributed by atoms with van der Waals surface area (Å²) in [6, 6.07) is 3.44. The van der Waals surface area contributed by atoms with Crippen LogP contribution in [0.15, 0.2) is 18.2 Å². The van der Waals surface area contributed by atoms with Gasteiger partial charge in [0.15, 0.2) is 0 Å². The summed E-state index contributed by atoms with van der Waals surface area (Å²) in [5, 5.41) is 3.17. The fourth-order valence-electron chi connectivity index (χ4n) is 2.74. The lowest BCUT2D eigenvalue weighted by Crippen LogP contribution is -2.57. The van der Waals surface area contributed by atoms with Gasteiger partial charge in [0.05, 0.1) is 12.8 Å². The Morgan fingerprint density at radius 3 is 2.78 bits per heavy atom. The zero-order chi connectivity index (χ0) is 17.0. The molecule has 0 radical (unpaired) electrons. The number of piperidine rings is 1. The Kier molecular flexibility index (Phi) is 5.46. The van der Waals surface area contributed by atoms with Crippen molar-refractivity contribution in [3.05, 3.63) is 23.9 Å². The van der Waals surface area contributed by atoms with Crippen LogP contribution in [-0.4, -0.2) is 47.7 Å². The van der Waals surface area contributed by atoms with E-state index in [1.54, 1.807) is 18.2 Å². The Hall–Kier alpha value is -1.83. The predicted octanol–water partition coefficient (Wildman–Crippen LogP) is 2.12. The molecule has 5 nitrogen and oxygen atoms in total. The molecule has 2 atom stereocenters. The first kappa shape index (κ1) is 17.5. The molecule has 0 saturated carbocycles. The number of hydrogen-bond acceptors (Lipinski definition) is 4. The van der Waals surface area contributed by atoms with Gasteiger partial charge >= 0.3 is 6.18 Å². The molecule has 1 saturated heterocycles. The maximum atomic E-state index is 13.0. The smallest absolute Gasteiger partial charge is 0.408 e. The first-order valence-electron chi connectivity index (χ1n) is 7.38. The van der Waals surface area contributed by atoms with E-state index in [-0.39, 0.29) is 19.0 Å². The first-order chi connectivity index (χ1) is 10.8. The van der Waals surface area contributed by atoms with Crippen LogP contribution in [0.4, 0.5) is 13.2 Å². The van der Waals surface area contributed by atoms with Crippen LogP contribution in [0, 0.1) is 0 Å². The van der Waals surface area contributed by atoms with E-state index in [9.17, 15) is 18.0 Å². The van der Waals surface area contributed by atoms with Gasteiger partial charge in [0.25, 0.3) is 0 Å². The molecule has 1 aromatic heterocycles. The minimum Gasteiger partial charge on any atom is -0.481 e. The van der Waals surface area contributed by atoms with Crippen molar-refractivity contribution in [3.8, 4) is 5.88 Å². The van der Waals surface area contributed by atoms with Gasteiger partial charge in [0, 0.05) is 32.1 Å². The largest absolute Gasteiger partial charge is 0.481 e. The number of alkyl halides is 3. The molecule has 1 amide bonds. The van der Waals surface area contributed by atoms with E-state index in [2.05, 4.69) is 10.3 Å². The monoisotopic (exact) mass is 331 g/mol. The van der Waals surface area contributed by atoms with Gasteiger partial charge in [-0.1, -0.05) is 6.07 Å². The van der Waals surface area contributed by atoms with Gasteiger partial charge in [-0.2, -0.15) is 13.2 Å². The number of halogens is 3. The van der Waals surface area contributed by atoms with Gasteiger partial charge in [-0.05, 0) is 18.9 Å². The molecule has 1 aliphatic heterocycles. The fraction of sp³-hybridized carbons (Fsp3) is 0.600. The molecule has 1 N–H and O–H groups in total. The van der Waals surface area contributed by atoms with Crippen LogP contribution < -0.4 is 10.1 Å². The maximum Gasteiger partial charge on any atom is 0.408 e. The lowest BCUT2D eigenvalue weighted by Gasteiger charge is -2.40. The van der Waals surface area contributed by atoms with Crippen LogP contribution >= 0.6 is 0 Å². The van der Waals surface area contributed by atoms with Gasteiger partial charge < -0.3 is 15.0 Å². The molecular formula is C15H20F3N3O2. The predicted molar refractivity (Wildman–Crippen MR) is 77.9 cm³/mol. The molecule has 0 spiro atoms. The van der Waals surface area contributed by atoms with E-state index < -0.39 is 18.1 Å². The summed E-state index contributed by atoms with van der Waals surface area (Å²) >= 11 is 0. The third-order valence-electron chi connectivity index (χ3n) is 3.93. The number of hydrogen-bond donors (Lipinski definition) is 1. The summed E-state index contributed by atoms with van der Waals surface area (Å²) in [7, 11) is 1.52. The molecule has 8 heteroatoms. The van der Waals surface area contributed by atoms with Crippen molar-refractivity contribution < 1.29 is 22.7 Å². The number of pyridine rings is 1. The summed E-state index contributed by atoms with van der Waals surface area (Å²) in [6.07, 6.45) is -4.12. The first-order valence-corrected chi connectivity index (χ1v) is 7.38. The van der Waals surface area contributed by atoms with Crippen molar-refractivity contribution >= 4 is 5.91 Å². The molecule has 23 heavy (non-hydrogen) atoms. The zero-order valence-electron chi connectivity index (χ0n) is 13.1. The van der Waals surface area contributed by atoms with Gasteiger partial charge in [-0.3, -0.25) is 4.79 Å². The normalized spacial score (nSPS) is 22.0. The van der Waals surface area contributed by atoms with Gasteiger partial charge in [-0.25, -0.2) is 4.98 Å². The van der Waals surface area contributed by atoms with Crippen molar-refractivity contribution in [1.82, 2.24) is 15.2 Å². The highest BCUT2D eigenvalue weighted by atomic mass is 19.4. The number of carbonyl (C=O) groups excluding carboxylic acids is 1. The average Bonchev–Trinajstić information content (AvgIpc) is 2.52. The van der Waals surface area contributed by atoms with E-state index in [0.29, 0.717) is 18.8 Å². The third kappa shape index (κ3) is 4.57. The molecule has 1 aliphatic rings. The lowest BCUT2D eigenvalue weighted by atomic mass is 9.97. The highest BCUT2D eigenvalue weighted by Gasteiger charge is 2.47. The molecule has 2 heterocycles. The molecule has 0 bridgehead atoms. The van der Waals surface area contributed by atoms with Gasteiger partial charge in [-0.15, -0.1) is 0 Å². The fourth-order valence-corrected chi connectivity index (χ4v) is 2.74. The topological polar surface area (TPSA) is 54.5 Å². The van der Waals surface area contributed by atoms with Gasteiger partial charge in [0.2, 0.25) is 11.8 Å². The van der Waals surface area contributed by atoms with Crippen molar-refractivity contribution in [3.63, 3.8) is 0 Å². The highest BCUT2D eigenvalue weighted by Crippen LogP contribution is 2.32. The van der Waals surface area contributed by atoms with Crippen LogP contribution in [-0.2, 0) is 11.3 Å². The number of amides is 1. The number of likely N-dealkylation sites (tertiary alicyclic amines) is 1. The molecule has 0 unspecified atom stereocenters.